The first-order valence-corrected chi connectivity index (χ1v) is 9.87. The van der Waals surface area contributed by atoms with Crippen LogP contribution in [0.25, 0.3) is 11.4 Å². The van der Waals surface area contributed by atoms with E-state index in [4.69, 9.17) is 9.72 Å². The molecule has 3 aromatic rings. The summed E-state index contributed by atoms with van der Waals surface area (Å²) in [5.41, 5.74) is 2.16. The fourth-order valence-corrected chi connectivity index (χ4v) is 3.53. The van der Waals surface area contributed by atoms with E-state index in [2.05, 4.69) is 42.9 Å². The average molecular weight is 442 g/mol. The van der Waals surface area contributed by atoms with Gasteiger partial charge in [-0.25, -0.2) is 15.0 Å². The van der Waals surface area contributed by atoms with Gasteiger partial charge in [0, 0.05) is 36.9 Å². The third-order valence-corrected chi connectivity index (χ3v) is 5.29. The number of halogens is 1. The van der Waals surface area contributed by atoms with Crippen LogP contribution in [0.15, 0.2) is 58.2 Å². The van der Waals surface area contributed by atoms with Crippen LogP contribution in [0, 0.1) is 0 Å². The molecule has 0 saturated carbocycles. The highest BCUT2D eigenvalue weighted by Gasteiger charge is 2.23. The second kappa shape index (κ2) is 8.20. The van der Waals surface area contributed by atoms with Crippen LogP contribution in [-0.2, 0) is 11.8 Å². The maximum Gasteiger partial charge on any atom is 0.255 e. The van der Waals surface area contributed by atoms with Crippen molar-refractivity contribution in [3.05, 3.63) is 69.3 Å². The zero-order valence-corrected chi connectivity index (χ0v) is 17.0. The van der Waals surface area contributed by atoms with Gasteiger partial charge in [-0.2, -0.15) is 0 Å². The summed E-state index contributed by atoms with van der Waals surface area (Å²) in [7, 11) is 1.74. The van der Waals surface area contributed by atoms with E-state index in [9.17, 15) is 4.79 Å². The summed E-state index contributed by atoms with van der Waals surface area (Å²) in [5.74, 6) is 0.619. The van der Waals surface area contributed by atoms with Gasteiger partial charge in [0.15, 0.2) is 0 Å². The largest absolute Gasteiger partial charge is 0.372 e. The lowest BCUT2D eigenvalue weighted by Gasteiger charge is -2.26. The van der Waals surface area contributed by atoms with Crippen molar-refractivity contribution in [3.63, 3.8) is 0 Å². The second-order valence-electron chi connectivity index (χ2n) is 6.64. The van der Waals surface area contributed by atoms with Gasteiger partial charge in [0.1, 0.15) is 12.4 Å². The van der Waals surface area contributed by atoms with Crippen LogP contribution >= 0.6 is 15.9 Å². The molecule has 1 aliphatic rings. The highest BCUT2D eigenvalue weighted by Crippen LogP contribution is 2.26. The third-order valence-electron chi connectivity index (χ3n) is 4.76. The van der Waals surface area contributed by atoms with Crippen molar-refractivity contribution in [2.24, 2.45) is 7.05 Å². The number of hydrogen-bond donors (Lipinski definition) is 0. The molecule has 1 aromatic carbocycles. The monoisotopic (exact) mass is 441 g/mol. The minimum absolute atomic E-state index is 0.0878. The smallest absolute Gasteiger partial charge is 0.255 e. The molecule has 1 fully saturated rings. The van der Waals surface area contributed by atoms with Gasteiger partial charge in [0.25, 0.3) is 5.56 Å². The summed E-state index contributed by atoms with van der Waals surface area (Å²) in [4.78, 5) is 27.6. The van der Waals surface area contributed by atoms with Gasteiger partial charge < -0.3 is 9.64 Å². The van der Waals surface area contributed by atoms with Crippen molar-refractivity contribution in [3.8, 4) is 11.4 Å². The molecule has 1 aliphatic heterocycles. The molecular formula is C20H20BrN5O2. The molecule has 0 amide bonds. The van der Waals surface area contributed by atoms with Gasteiger partial charge in [-0.15, -0.1) is 0 Å². The van der Waals surface area contributed by atoms with E-state index in [1.165, 1.54) is 12.4 Å². The van der Waals surface area contributed by atoms with Crippen molar-refractivity contribution in [1.82, 2.24) is 19.5 Å². The molecule has 7 nitrogen and oxygen atoms in total. The van der Waals surface area contributed by atoms with Crippen molar-refractivity contribution < 1.29 is 4.74 Å². The molecule has 144 valence electrons. The van der Waals surface area contributed by atoms with Gasteiger partial charge in [0.2, 0.25) is 5.95 Å². The minimum Gasteiger partial charge on any atom is -0.372 e. The highest BCUT2D eigenvalue weighted by molar-refractivity contribution is 9.10. The molecule has 1 atom stereocenters. The van der Waals surface area contributed by atoms with Crippen LogP contribution in [0.2, 0.25) is 0 Å². The van der Waals surface area contributed by atoms with Crippen LogP contribution in [0.1, 0.15) is 18.1 Å². The summed E-state index contributed by atoms with van der Waals surface area (Å²) >= 11 is 3.47. The van der Waals surface area contributed by atoms with Crippen molar-refractivity contribution >= 4 is 21.9 Å². The van der Waals surface area contributed by atoms with Crippen LogP contribution in [-0.4, -0.2) is 39.2 Å². The fraction of sp³-hybridized carbons (Fsp3) is 0.300. The average Bonchev–Trinajstić information content (AvgIpc) is 2.97. The molecule has 2 aromatic heterocycles. The van der Waals surface area contributed by atoms with E-state index in [1.807, 2.05) is 12.1 Å². The summed E-state index contributed by atoms with van der Waals surface area (Å²) in [6.45, 7) is 2.05. The molecule has 0 spiro atoms. The number of nitrogens with zero attached hydrogens (tertiary/aromatic N) is 5. The first-order valence-electron chi connectivity index (χ1n) is 9.08. The summed E-state index contributed by atoms with van der Waals surface area (Å²) in [6.07, 6.45) is 3.87. The van der Waals surface area contributed by atoms with E-state index in [1.54, 1.807) is 23.9 Å². The van der Waals surface area contributed by atoms with Gasteiger partial charge >= 0.3 is 0 Å². The summed E-state index contributed by atoms with van der Waals surface area (Å²) in [5, 5.41) is 0. The number of hydrogen-bond acceptors (Lipinski definition) is 6. The fourth-order valence-electron chi connectivity index (χ4n) is 3.27. The van der Waals surface area contributed by atoms with Crippen molar-refractivity contribution in [2.45, 2.75) is 12.5 Å². The quantitative estimate of drug-likeness (QED) is 0.621. The standard InChI is InChI=1S/C20H20BrN5O2/c1-25-19(27)11-17(16-7-8-22-13-23-16)24-20(25)26-9-2-10-28-18(12-26)14-3-5-15(21)6-4-14/h3-8,11,13,18H,2,9-10,12H2,1H3. The first kappa shape index (κ1) is 18.8. The molecule has 8 heteroatoms. The molecule has 3 heterocycles. The second-order valence-corrected chi connectivity index (χ2v) is 7.56. The maximum atomic E-state index is 12.6. The zero-order chi connectivity index (χ0) is 19.5. The Labute approximate surface area is 171 Å². The number of benzene rings is 1. The molecule has 28 heavy (non-hydrogen) atoms. The predicted octanol–water partition coefficient (Wildman–Crippen LogP) is 2.97. The Balaban J connectivity index is 1.69. The van der Waals surface area contributed by atoms with Gasteiger partial charge in [-0.3, -0.25) is 9.36 Å². The normalized spacial score (nSPS) is 17.4. The maximum absolute atomic E-state index is 12.6. The zero-order valence-electron chi connectivity index (χ0n) is 15.5. The molecule has 0 aliphatic carbocycles. The van der Waals surface area contributed by atoms with Crippen molar-refractivity contribution in [1.29, 1.82) is 0 Å². The SMILES string of the molecule is Cn1c(N2CCCOC(c3ccc(Br)cc3)C2)nc(-c2ccncn2)cc1=O. The van der Waals surface area contributed by atoms with Gasteiger partial charge in [-0.05, 0) is 30.2 Å². The molecule has 4 rings (SSSR count). The van der Waals surface area contributed by atoms with E-state index < -0.39 is 0 Å². The molecule has 0 N–H and O–H groups in total. The van der Waals surface area contributed by atoms with Crippen LogP contribution in [0.5, 0.6) is 0 Å². The minimum atomic E-state index is -0.121. The Kier molecular flexibility index (Phi) is 5.50. The lowest BCUT2D eigenvalue weighted by atomic mass is 10.1. The van der Waals surface area contributed by atoms with E-state index in [-0.39, 0.29) is 11.7 Å². The Hall–Kier alpha value is -2.58. The van der Waals surface area contributed by atoms with Gasteiger partial charge in [-0.1, -0.05) is 28.1 Å². The Morgan fingerprint density at radius 3 is 2.75 bits per heavy atom. The van der Waals surface area contributed by atoms with E-state index >= 15 is 0 Å². The number of ether oxygens (including phenoxy) is 1. The lowest BCUT2D eigenvalue weighted by Crippen LogP contribution is -2.34. The number of aromatic nitrogens is 4. The van der Waals surface area contributed by atoms with Crippen LogP contribution in [0.4, 0.5) is 5.95 Å². The first-order chi connectivity index (χ1) is 13.6. The molecular weight excluding hydrogens is 422 g/mol. The number of rotatable bonds is 3. The van der Waals surface area contributed by atoms with E-state index in [0.29, 0.717) is 30.5 Å². The van der Waals surface area contributed by atoms with Crippen LogP contribution < -0.4 is 10.5 Å². The van der Waals surface area contributed by atoms with Crippen LogP contribution in [0.3, 0.4) is 0 Å². The topological polar surface area (TPSA) is 73.1 Å². The third kappa shape index (κ3) is 3.98. The summed E-state index contributed by atoms with van der Waals surface area (Å²) < 4.78 is 8.68. The Morgan fingerprint density at radius 1 is 1.18 bits per heavy atom. The molecule has 1 saturated heterocycles. The lowest BCUT2D eigenvalue weighted by molar-refractivity contribution is 0.0685. The Morgan fingerprint density at radius 2 is 2.00 bits per heavy atom. The predicted molar refractivity (Wildman–Crippen MR) is 110 cm³/mol. The number of anilines is 1. The van der Waals surface area contributed by atoms with Gasteiger partial charge in [0.05, 0.1) is 17.9 Å². The van der Waals surface area contributed by atoms with E-state index in [0.717, 1.165) is 23.0 Å². The highest BCUT2D eigenvalue weighted by atomic mass is 79.9. The summed E-state index contributed by atoms with van der Waals surface area (Å²) in [6, 6.07) is 11.4. The van der Waals surface area contributed by atoms with Crippen molar-refractivity contribution in [2.75, 3.05) is 24.6 Å². The molecule has 0 radical (unpaired) electrons. The molecule has 0 bridgehead atoms. The Bertz CT molecular complexity index is 1010. The molecule has 1 unspecified atom stereocenters.